The molecule has 0 aliphatic carbocycles. The van der Waals surface area contributed by atoms with E-state index in [0.29, 0.717) is 18.2 Å². The Morgan fingerprint density at radius 3 is 2.62 bits per heavy atom. The molecule has 1 amide bonds. The van der Waals surface area contributed by atoms with Gasteiger partial charge in [0.2, 0.25) is 5.95 Å². The Labute approximate surface area is 169 Å². The Hall–Kier alpha value is -3.45. The Morgan fingerprint density at radius 1 is 1.07 bits per heavy atom. The van der Waals surface area contributed by atoms with Crippen LogP contribution in [0.15, 0.2) is 66.9 Å². The van der Waals surface area contributed by atoms with Gasteiger partial charge in [-0.3, -0.25) is 4.79 Å². The molecule has 7 heteroatoms. The number of carbonyl (C=O) groups excluding carboxylic acids is 1. The molecule has 2 N–H and O–H groups in total. The number of amides is 1. The average Bonchev–Trinajstić information content (AvgIpc) is 3.28. The summed E-state index contributed by atoms with van der Waals surface area (Å²) < 4.78 is 11.3. The smallest absolute Gasteiger partial charge is 0.270 e. The number of hydrogen-bond acceptors (Lipinski definition) is 6. The van der Waals surface area contributed by atoms with E-state index in [9.17, 15) is 4.79 Å². The van der Waals surface area contributed by atoms with E-state index in [1.807, 2.05) is 54.6 Å². The number of ether oxygens (including phenoxy) is 2. The second kappa shape index (κ2) is 9.16. The van der Waals surface area contributed by atoms with Crippen molar-refractivity contribution < 1.29 is 14.3 Å². The van der Waals surface area contributed by atoms with Crippen molar-refractivity contribution in [2.45, 2.75) is 18.9 Å². The monoisotopic (exact) mass is 390 g/mol. The molecule has 1 aliphatic heterocycles. The summed E-state index contributed by atoms with van der Waals surface area (Å²) in [5.74, 6) is 1.62. The first-order valence-electron chi connectivity index (χ1n) is 9.59. The van der Waals surface area contributed by atoms with E-state index < -0.39 is 0 Å². The van der Waals surface area contributed by atoms with Gasteiger partial charge in [-0.25, -0.2) is 9.97 Å². The molecule has 3 aromatic rings. The maximum atomic E-state index is 12.3. The lowest BCUT2D eigenvalue weighted by molar-refractivity contribution is 0.0853. The fourth-order valence-electron chi connectivity index (χ4n) is 3.01. The van der Waals surface area contributed by atoms with Gasteiger partial charge in [-0.1, -0.05) is 18.2 Å². The van der Waals surface area contributed by atoms with Gasteiger partial charge in [-0.15, -0.1) is 0 Å². The molecule has 148 valence electrons. The first-order valence-corrected chi connectivity index (χ1v) is 9.59. The molecule has 2 aromatic carbocycles. The van der Waals surface area contributed by atoms with E-state index in [0.717, 1.165) is 36.6 Å². The molecule has 1 aliphatic rings. The van der Waals surface area contributed by atoms with Crippen molar-refractivity contribution in [3.63, 3.8) is 0 Å². The van der Waals surface area contributed by atoms with Gasteiger partial charge in [0.1, 0.15) is 17.2 Å². The second-order valence-corrected chi connectivity index (χ2v) is 6.68. The van der Waals surface area contributed by atoms with Crippen molar-refractivity contribution in [3.8, 4) is 11.5 Å². The van der Waals surface area contributed by atoms with Crippen molar-refractivity contribution in [1.29, 1.82) is 0 Å². The molecular weight excluding hydrogens is 368 g/mol. The summed E-state index contributed by atoms with van der Waals surface area (Å²) in [6.07, 6.45) is 3.66. The third-order valence-electron chi connectivity index (χ3n) is 4.49. The average molecular weight is 390 g/mol. The molecule has 0 saturated carbocycles. The number of aromatic nitrogens is 2. The van der Waals surface area contributed by atoms with Crippen molar-refractivity contribution in [1.82, 2.24) is 15.3 Å². The summed E-state index contributed by atoms with van der Waals surface area (Å²) in [7, 11) is 0. The van der Waals surface area contributed by atoms with Crippen LogP contribution in [0, 0.1) is 0 Å². The zero-order chi connectivity index (χ0) is 19.9. The van der Waals surface area contributed by atoms with E-state index in [1.54, 1.807) is 12.3 Å². The number of carbonyl (C=O) groups is 1. The Kier molecular flexibility index (Phi) is 5.97. The lowest BCUT2D eigenvalue weighted by atomic mass is 10.2. The van der Waals surface area contributed by atoms with Crippen LogP contribution in [0.4, 0.5) is 11.6 Å². The van der Waals surface area contributed by atoms with Crippen LogP contribution in [0.3, 0.4) is 0 Å². The highest BCUT2D eigenvalue weighted by Gasteiger charge is 2.17. The number of rotatable bonds is 7. The Balaban J connectivity index is 1.35. The summed E-state index contributed by atoms with van der Waals surface area (Å²) in [5, 5.41) is 5.97. The van der Waals surface area contributed by atoms with Crippen LogP contribution >= 0.6 is 0 Å². The number of hydrogen-bond donors (Lipinski definition) is 2. The highest BCUT2D eigenvalue weighted by atomic mass is 16.5. The molecule has 29 heavy (non-hydrogen) atoms. The number of para-hydroxylation sites is 1. The normalized spacial score (nSPS) is 15.7. The van der Waals surface area contributed by atoms with E-state index in [4.69, 9.17) is 9.47 Å². The molecular formula is C22H22N4O3. The van der Waals surface area contributed by atoms with E-state index in [-0.39, 0.29) is 12.0 Å². The molecule has 1 atom stereocenters. The minimum Gasteiger partial charge on any atom is -0.457 e. The van der Waals surface area contributed by atoms with Crippen molar-refractivity contribution in [3.05, 3.63) is 72.6 Å². The van der Waals surface area contributed by atoms with E-state index >= 15 is 0 Å². The lowest BCUT2D eigenvalue weighted by Crippen LogP contribution is -2.32. The number of nitrogens with zero attached hydrogens (tertiary/aromatic N) is 2. The SMILES string of the molecule is O=C(NCC1CCCO1)c1ccnc(Nc2ccc(Oc3ccccc3)cc2)n1. The van der Waals surface area contributed by atoms with Gasteiger partial charge in [0.25, 0.3) is 5.91 Å². The van der Waals surface area contributed by atoms with Crippen molar-refractivity contribution in [2.75, 3.05) is 18.5 Å². The van der Waals surface area contributed by atoms with Gasteiger partial charge in [0.05, 0.1) is 6.10 Å². The van der Waals surface area contributed by atoms with Gasteiger partial charge in [-0.05, 0) is 55.3 Å². The molecule has 1 unspecified atom stereocenters. The Morgan fingerprint density at radius 2 is 1.86 bits per heavy atom. The summed E-state index contributed by atoms with van der Waals surface area (Å²) >= 11 is 0. The minimum absolute atomic E-state index is 0.0926. The first kappa shape index (κ1) is 18.9. The quantitative estimate of drug-likeness (QED) is 0.636. The molecule has 4 rings (SSSR count). The van der Waals surface area contributed by atoms with E-state index in [2.05, 4.69) is 20.6 Å². The minimum atomic E-state index is -0.238. The standard InChI is InChI=1S/C22H22N4O3/c27-21(24-15-19-7-4-14-28-19)20-12-13-23-22(26-20)25-16-8-10-18(11-9-16)29-17-5-2-1-3-6-17/h1-3,5-6,8-13,19H,4,7,14-15H2,(H,24,27)(H,23,25,26). The van der Waals surface area contributed by atoms with E-state index in [1.165, 1.54) is 0 Å². The molecule has 1 aromatic heterocycles. The molecule has 0 bridgehead atoms. The number of nitrogens with one attached hydrogen (secondary N) is 2. The Bertz CT molecular complexity index is 942. The van der Waals surface area contributed by atoms with Crippen LogP contribution in [0.25, 0.3) is 0 Å². The van der Waals surface area contributed by atoms with Gasteiger partial charge in [-0.2, -0.15) is 0 Å². The fraction of sp³-hybridized carbons (Fsp3) is 0.227. The zero-order valence-electron chi connectivity index (χ0n) is 15.9. The third kappa shape index (κ3) is 5.30. The van der Waals surface area contributed by atoms with Crippen LogP contribution in [0.5, 0.6) is 11.5 Å². The lowest BCUT2D eigenvalue weighted by Gasteiger charge is -2.11. The van der Waals surface area contributed by atoms with Gasteiger partial charge in [0, 0.05) is 25.0 Å². The molecule has 0 radical (unpaired) electrons. The maximum absolute atomic E-state index is 12.3. The first-order chi connectivity index (χ1) is 14.3. The maximum Gasteiger partial charge on any atom is 0.270 e. The highest BCUT2D eigenvalue weighted by molar-refractivity contribution is 5.92. The van der Waals surface area contributed by atoms with Crippen LogP contribution < -0.4 is 15.4 Å². The predicted molar refractivity (Wildman–Crippen MR) is 110 cm³/mol. The summed E-state index contributed by atoms with van der Waals surface area (Å²) in [6, 6.07) is 18.6. The molecule has 7 nitrogen and oxygen atoms in total. The van der Waals surface area contributed by atoms with Crippen molar-refractivity contribution >= 4 is 17.5 Å². The summed E-state index contributed by atoms with van der Waals surface area (Å²) in [6.45, 7) is 1.26. The van der Waals surface area contributed by atoms with Crippen LogP contribution in [0.1, 0.15) is 23.3 Å². The zero-order valence-corrected chi connectivity index (χ0v) is 15.9. The summed E-state index contributed by atoms with van der Waals surface area (Å²) in [5.41, 5.74) is 1.10. The predicted octanol–water partition coefficient (Wildman–Crippen LogP) is 3.92. The highest BCUT2D eigenvalue weighted by Crippen LogP contribution is 2.23. The van der Waals surface area contributed by atoms with Crippen LogP contribution in [0.2, 0.25) is 0 Å². The molecule has 0 spiro atoms. The van der Waals surface area contributed by atoms with Crippen molar-refractivity contribution in [2.24, 2.45) is 0 Å². The fourth-order valence-corrected chi connectivity index (χ4v) is 3.01. The van der Waals surface area contributed by atoms with Crippen LogP contribution in [-0.2, 0) is 4.74 Å². The molecule has 2 heterocycles. The number of anilines is 2. The van der Waals surface area contributed by atoms with Gasteiger partial charge < -0.3 is 20.1 Å². The largest absolute Gasteiger partial charge is 0.457 e. The third-order valence-corrected chi connectivity index (χ3v) is 4.49. The second-order valence-electron chi connectivity index (χ2n) is 6.68. The topological polar surface area (TPSA) is 85.4 Å². The molecule has 1 saturated heterocycles. The molecule has 1 fully saturated rings. The number of benzene rings is 2. The summed E-state index contributed by atoms with van der Waals surface area (Å²) in [4.78, 5) is 20.8. The van der Waals surface area contributed by atoms with Gasteiger partial charge >= 0.3 is 0 Å². The van der Waals surface area contributed by atoms with Crippen LogP contribution in [-0.4, -0.2) is 35.1 Å². The van der Waals surface area contributed by atoms with Gasteiger partial charge in [0.15, 0.2) is 0 Å².